The normalized spacial score (nSPS) is 9.63. The third kappa shape index (κ3) is 3.51. The zero-order valence-electron chi connectivity index (χ0n) is 10.0. The van der Waals surface area contributed by atoms with E-state index in [2.05, 4.69) is 16.1 Å². The minimum Gasteiger partial charge on any atom is -0.465 e. The van der Waals surface area contributed by atoms with Crippen LogP contribution in [-0.4, -0.2) is 25.8 Å². The molecule has 0 aromatic heterocycles. The predicted molar refractivity (Wildman–Crippen MR) is 62.9 cm³/mol. The fraction of sp³-hybridized carbons (Fsp3) is 0.167. The Hall–Kier alpha value is -2.44. The van der Waals surface area contributed by atoms with Gasteiger partial charge in [-0.2, -0.15) is 0 Å². The van der Waals surface area contributed by atoms with Crippen molar-refractivity contribution in [3.8, 4) is 0 Å². The average Bonchev–Trinajstić information content (AvgIpc) is 2.39. The van der Waals surface area contributed by atoms with Gasteiger partial charge in [0.25, 0.3) is 0 Å². The Balaban J connectivity index is 3.00. The summed E-state index contributed by atoms with van der Waals surface area (Å²) >= 11 is 0. The van der Waals surface area contributed by atoms with Crippen LogP contribution < -0.4 is 5.32 Å². The summed E-state index contributed by atoms with van der Waals surface area (Å²) < 4.78 is 35.9. The van der Waals surface area contributed by atoms with E-state index in [0.717, 1.165) is 19.2 Å². The van der Waals surface area contributed by atoms with Crippen LogP contribution in [0.25, 0.3) is 0 Å². The molecule has 5 nitrogen and oxygen atoms in total. The summed E-state index contributed by atoms with van der Waals surface area (Å²) in [4.78, 5) is 22.4. The van der Waals surface area contributed by atoms with Crippen molar-refractivity contribution in [1.29, 1.82) is 0 Å². The average molecular weight is 271 g/mol. The summed E-state index contributed by atoms with van der Waals surface area (Å²) in [5.74, 6) is -3.50. The second kappa shape index (κ2) is 6.48. The zero-order chi connectivity index (χ0) is 14.4. The Kier molecular flexibility index (Phi) is 4.99. The Bertz CT molecular complexity index is 517. The minimum atomic E-state index is -1.23. The number of rotatable bonds is 4. The van der Waals surface area contributed by atoms with E-state index in [-0.39, 0.29) is 6.61 Å². The quantitative estimate of drug-likeness (QED) is 0.675. The fourth-order valence-corrected chi connectivity index (χ4v) is 1.22. The van der Waals surface area contributed by atoms with Crippen molar-refractivity contribution in [2.75, 3.05) is 19.0 Å². The first-order valence-electron chi connectivity index (χ1n) is 5.12. The maximum Gasteiger partial charge on any atom is 0.412 e. The van der Waals surface area contributed by atoms with Crippen LogP contribution in [0.1, 0.15) is 10.4 Å². The predicted octanol–water partition coefficient (Wildman–Crippen LogP) is 2.49. The van der Waals surface area contributed by atoms with Crippen LogP contribution in [0.3, 0.4) is 0 Å². The molecule has 1 aromatic carbocycles. The van der Waals surface area contributed by atoms with Crippen molar-refractivity contribution in [3.05, 3.63) is 42.0 Å². The highest BCUT2D eigenvalue weighted by Gasteiger charge is 2.22. The molecule has 0 heterocycles. The topological polar surface area (TPSA) is 64.6 Å². The molecule has 0 saturated carbocycles. The Morgan fingerprint density at radius 3 is 2.68 bits per heavy atom. The van der Waals surface area contributed by atoms with Gasteiger partial charge < -0.3 is 9.47 Å². The molecule has 1 rings (SSSR count). The summed E-state index contributed by atoms with van der Waals surface area (Å²) in [6.45, 7) is 3.26. The highest BCUT2D eigenvalue weighted by atomic mass is 19.1. The number of methoxy groups -OCH3 is 1. The van der Waals surface area contributed by atoms with E-state index in [0.29, 0.717) is 0 Å². The van der Waals surface area contributed by atoms with Gasteiger partial charge >= 0.3 is 12.1 Å². The summed E-state index contributed by atoms with van der Waals surface area (Å²) in [6, 6.07) is 1.80. The number of hydrogen-bond acceptors (Lipinski definition) is 4. The third-order valence-electron chi connectivity index (χ3n) is 2.05. The number of ether oxygens (including phenoxy) is 2. The molecule has 0 aliphatic heterocycles. The molecule has 0 atom stereocenters. The molecule has 19 heavy (non-hydrogen) atoms. The van der Waals surface area contributed by atoms with E-state index in [1.54, 1.807) is 0 Å². The molecular formula is C12H11F2NO4. The standard InChI is InChI=1S/C12H11F2NO4/c1-3-6-19-12(17)15-8-5-4-7(13)9(10(8)14)11(16)18-2/h3-5H,1,6H2,2H3,(H,15,17). The van der Waals surface area contributed by atoms with Crippen molar-refractivity contribution in [1.82, 2.24) is 0 Å². The Morgan fingerprint density at radius 2 is 2.11 bits per heavy atom. The van der Waals surface area contributed by atoms with E-state index < -0.39 is 34.9 Å². The molecule has 0 bridgehead atoms. The second-order valence-electron chi connectivity index (χ2n) is 3.29. The van der Waals surface area contributed by atoms with Crippen LogP contribution in [-0.2, 0) is 9.47 Å². The van der Waals surface area contributed by atoms with E-state index in [1.807, 2.05) is 5.32 Å². The SMILES string of the molecule is C=CCOC(=O)Nc1ccc(F)c(C(=O)OC)c1F. The van der Waals surface area contributed by atoms with E-state index in [9.17, 15) is 18.4 Å². The van der Waals surface area contributed by atoms with Gasteiger partial charge in [0.1, 0.15) is 18.0 Å². The Morgan fingerprint density at radius 1 is 1.42 bits per heavy atom. The van der Waals surface area contributed by atoms with Crippen molar-refractivity contribution in [3.63, 3.8) is 0 Å². The van der Waals surface area contributed by atoms with Crippen LogP contribution in [0.4, 0.5) is 19.3 Å². The number of esters is 1. The molecule has 0 spiro atoms. The van der Waals surface area contributed by atoms with Gasteiger partial charge in [0.15, 0.2) is 5.82 Å². The number of carbonyl (C=O) groups is 2. The minimum absolute atomic E-state index is 0.0709. The van der Waals surface area contributed by atoms with Crippen LogP contribution in [0.15, 0.2) is 24.8 Å². The number of carbonyl (C=O) groups excluding carboxylic acids is 2. The number of nitrogens with one attached hydrogen (secondary N) is 1. The van der Waals surface area contributed by atoms with Gasteiger partial charge in [-0.25, -0.2) is 18.4 Å². The van der Waals surface area contributed by atoms with E-state index >= 15 is 0 Å². The first-order valence-corrected chi connectivity index (χ1v) is 5.12. The molecule has 0 aliphatic rings. The maximum atomic E-state index is 13.8. The summed E-state index contributed by atoms with van der Waals surface area (Å²) in [6.07, 6.45) is 0.363. The van der Waals surface area contributed by atoms with Gasteiger partial charge in [0.2, 0.25) is 0 Å². The number of anilines is 1. The number of halogens is 2. The third-order valence-corrected chi connectivity index (χ3v) is 2.05. The smallest absolute Gasteiger partial charge is 0.412 e. The maximum absolute atomic E-state index is 13.8. The molecule has 0 saturated heterocycles. The molecule has 1 N–H and O–H groups in total. The van der Waals surface area contributed by atoms with Crippen molar-refractivity contribution < 1.29 is 27.8 Å². The number of hydrogen-bond donors (Lipinski definition) is 1. The zero-order valence-corrected chi connectivity index (χ0v) is 10.0. The van der Waals surface area contributed by atoms with Gasteiger partial charge in [0.05, 0.1) is 12.8 Å². The summed E-state index contributed by atoms with van der Waals surface area (Å²) in [5, 5.41) is 2.03. The monoisotopic (exact) mass is 271 g/mol. The highest BCUT2D eigenvalue weighted by Crippen LogP contribution is 2.22. The summed E-state index contributed by atoms with van der Waals surface area (Å²) in [5.41, 5.74) is -1.28. The van der Waals surface area contributed by atoms with Crippen LogP contribution >= 0.6 is 0 Å². The molecule has 0 fully saturated rings. The summed E-state index contributed by atoms with van der Waals surface area (Å²) in [7, 11) is 0.986. The van der Waals surface area contributed by atoms with Crippen LogP contribution in [0.2, 0.25) is 0 Å². The van der Waals surface area contributed by atoms with Crippen LogP contribution in [0, 0.1) is 11.6 Å². The van der Waals surface area contributed by atoms with E-state index in [4.69, 9.17) is 0 Å². The first-order chi connectivity index (χ1) is 9.01. The lowest BCUT2D eigenvalue weighted by Gasteiger charge is -2.09. The van der Waals surface area contributed by atoms with Gasteiger partial charge in [-0.15, -0.1) is 0 Å². The van der Waals surface area contributed by atoms with Crippen LogP contribution in [0.5, 0.6) is 0 Å². The molecule has 0 unspecified atom stereocenters. The molecule has 0 aliphatic carbocycles. The highest BCUT2D eigenvalue weighted by molar-refractivity contribution is 5.93. The molecule has 7 heteroatoms. The number of benzene rings is 1. The van der Waals surface area contributed by atoms with Gasteiger partial charge in [-0.05, 0) is 12.1 Å². The van der Waals surface area contributed by atoms with Crippen molar-refractivity contribution >= 4 is 17.7 Å². The lowest BCUT2D eigenvalue weighted by molar-refractivity contribution is 0.0590. The van der Waals surface area contributed by atoms with Gasteiger partial charge in [0, 0.05) is 0 Å². The fourth-order valence-electron chi connectivity index (χ4n) is 1.22. The molecule has 1 aromatic rings. The second-order valence-corrected chi connectivity index (χ2v) is 3.29. The molecule has 0 radical (unpaired) electrons. The van der Waals surface area contributed by atoms with Gasteiger partial charge in [-0.1, -0.05) is 12.7 Å². The van der Waals surface area contributed by atoms with Gasteiger partial charge in [-0.3, -0.25) is 5.32 Å². The van der Waals surface area contributed by atoms with Crippen molar-refractivity contribution in [2.45, 2.75) is 0 Å². The lowest BCUT2D eigenvalue weighted by atomic mass is 10.1. The lowest BCUT2D eigenvalue weighted by Crippen LogP contribution is -2.17. The Labute approximate surface area is 107 Å². The molecule has 1 amide bonds. The largest absolute Gasteiger partial charge is 0.465 e. The van der Waals surface area contributed by atoms with E-state index in [1.165, 1.54) is 6.08 Å². The molecule has 102 valence electrons. The molecular weight excluding hydrogens is 260 g/mol. The number of amides is 1. The van der Waals surface area contributed by atoms with Crippen molar-refractivity contribution in [2.24, 2.45) is 0 Å². The first kappa shape index (κ1) is 14.6.